The van der Waals surface area contributed by atoms with Crippen molar-refractivity contribution in [2.45, 2.75) is 38.6 Å². The Morgan fingerprint density at radius 2 is 2.03 bits per heavy atom. The highest BCUT2D eigenvalue weighted by atomic mass is 35.5. The van der Waals surface area contributed by atoms with Gasteiger partial charge in [0.05, 0.1) is 5.02 Å². The Kier molecular flexibility index (Phi) is 4.03. The third kappa shape index (κ3) is 2.71. The Bertz CT molecular complexity index is 1250. The zero-order chi connectivity index (χ0) is 20.4. The summed E-state index contributed by atoms with van der Waals surface area (Å²) in [5, 5.41) is 9.59. The zero-order valence-corrected chi connectivity index (χ0v) is 17.3. The molecule has 4 aromatic rings. The minimum absolute atomic E-state index is 0.303. The molecule has 4 heterocycles. The summed E-state index contributed by atoms with van der Waals surface area (Å²) < 4.78 is 16.2. The van der Waals surface area contributed by atoms with Gasteiger partial charge >= 0.3 is 0 Å². The zero-order valence-electron chi connectivity index (χ0n) is 16.6. The lowest BCUT2D eigenvalue weighted by atomic mass is 9.62. The highest BCUT2D eigenvalue weighted by molar-refractivity contribution is 6.31. The maximum atomic E-state index is 14.7. The number of hydrogen-bond donors (Lipinski definition) is 2. The SMILES string of the molecule is C[C@H]1C2CCC(CC2)[C@@H]1Nc1nc(-c2c[nH]c3ncc(Cl)cc23)nn2ccc(F)c12. The van der Waals surface area contributed by atoms with Crippen LogP contribution in [0.3, 0.4) is 0 Å². The Morgan fingerprint density at radius 3 is 2.83 bits per heavy atom. The van der Waals surface area contributed by atoms with Crippen LogP contribution in [0, 0.1) is 23.6 Å². The van der Waals surface area contributed by atoms with Crippen molar-refractivity contribution in [3.63, 3.8) is 0 Å². The number of nitrogens with zero attached hydrogens (tertiary/aromatic N) is 4. The van der Waals surface area contributed by atoms with E-state index in [1.807, 2.05) is 12.3 Å². The number of aromatic nitrogens is 5. The minimum atomic E-state index is -0.318. The maximum Gasteiger partial charge on any atom is 0.184 e. The van der Waals surface area contributed by atoms with Crippen LogP contribution in [-0.4, -0.2) is 30.6 Å². The van der Waals surface area contributed by atoms with E-state index in [-0.39, 0.29) is 5.82 Å². The third-order valence-electron chi connectivity index (χ3n) is 7.14. The van der Waals surface area contributed by atoms with Crippen molar-refractivity contribution in [2.75, 3.05) is 5.32 Å². The fourth-order valence-corrected chi connectivity index (χ4v) is 5.68. The Balaban J connectivity index is 1.48. The molecule has 7 rings (SSSR count). The molecule has 2 bridgehead atoms. The van der Waals surface area contributed by atoms with E-state index in [1.165, 1.54) is 31.7 Å². The Hall–Kier alpha value is -2.67. The lowest BCUT2D eigenvalue weighted by Gasteiger charge is -2.47. The van der Waals surface area contributed by atoms with Gasteiger partial charge in [-0.1, -0.05) is 18.5 Å². The molecule has 154 valence electrons. The topological polar surface area (TPSA) is 70.9 Å². The standard InChI is InChI=1S/C22H22ClFN6/c1-11-12-2-4-13(5-3-12)18(11)27-22-19-17(24)6-7-30(19)29-21(28-22)16-10-26-20-15(16)8-14(23)9-25-20/h6-13,18H,2-5H2,1H3,(H,25,26)(H,27,28,29)/t11-,12?,13?,18+/m0/s1. The first-order chi connectivity index (χ1) is 14.6. The molecular formula is C22H22ClFN6. The molecule has 4 aromatic heterocycles. The predicted octanol–water partition coefficient (Wildman–Crippen LogP) is 5.30. The van der Waals surface area contributed by atoms with E-state index in [1.54, 1.807) is 16.9 Å². The van der Waals surface area contributed by atoms with Gasteiger partial charge in [0.1, 0.15) is 11.2 Å². The molecule has 30 heavy (non-hydrogen) atoms. The Morgan fingerprint density at radius 1 is 1.23 bits per heavy atom. The fraction of sp³-hybridized carbons (Fsp3) is 0.409. The van der Waals surface area contributed by atoms with Gasteiger partial charge in [-0.15, -0.1) is 5.10 Å². The molecule has 0 amide bonds. The molecule has 2 atom stereocenters. The number of fused-ring (bicyclic) bond motifs is 5. The van der Waals surface area contributed by atoms with Crippen molar-refractivity contribution in [1.82, 2.24) is 24.6 Å². The second-order valence-corrected chi connectivity index (χ2v) is 9.13. The van der Waals surface area contributed by atoms with Gasteiger partial charge in [-0.05, 0) is 55.6 Å². The van der Waals surface area contributed by atoms with Gasteiger partial charge in [-0.25, -0.2) is 18.9 Å². The van der Waals surface area contributed by atoms with Crippen LogP contribution in [0.5, 0.6) is 0 Å². The van der Waals surface area contributed by atoms with Crippen LogP contribution < -0.4 is 5.32 Å². The van der Waals surface area contributed by atoms with E-state index in [2.05, 4.69) is 27.3 Å². The second kappa shape index (κ2) is 6.67. The van der Waals surface area contributed by atoms with Crippen LogP contribution in [0.25, 0.3) is 27.9 Å². The molecule has 3 aliphatic rings. The number of anilines is 1. The van der Waals surface area contributed by atoms with Gasteiger partial charge in [-0.3, -0.25) is 0 Å². The van der Waals surface area contributed by atoms with Crippen LogP contribution >= 0.6 is 11.6 Å². The summed E-state index contributed by atoms with van der Waals surface area (Å²) in [5.41, 5.74) is 1.89. The molecule has 0 aliphatic heterocycles. The number of hydrogen-bond acceptors (Lipinski definition) is 4. The number of nitrogens with one attached hydrogen (secondary N) is 2. The van der Waals surface area contributed by atoms with Crippen molar-refractivity contribution >= 4 is 34.0 Å². The van der Waals surface area contributed by atoms with Crippen LogP contribution in [0.4, 0.5) is 10.2 Å². The smallest absolute Gasteiger partial charge is 0.184 e. The number of pyridine rings is 1. The average Bonchev–Trinajstić information content (AvgIpc) is 3.34. The molecule has 8 heteroatoms. The van der Waals surface area contributed by atoms with E-state index in [4.69, 9.17) is 16.6 Å². The predicted molar refractivity (Wildman–Crippen MR) is 115 cm³/mol. The van der Waals surface area contributed by atoms with Gasteiger partial charge in [0.15, 0.2) is 17.5 Å². The van der Waals surface area contributed by atoms with Gasteiger partial charge in [-0.2, -0.15) is 0 Å². The maximum absolute atomic E-state index is 14.7. The van der Waals surface area contributed by atoms with Crippen LogP contribution in [0.2, 0.25) is 5.02 Å². The molecule has 3 fully saturated rings. The third-order valence-corrected chi connectivity index (χ3v) is 7.34. The van der Waals surface area contributed by atoms with E-state index < -0.39 is 0 Å². The first kappa shape index (κ1) is 18.1. The summed E-state index contributed by atoms with van der Waals surface area (Å²) in [4.78, 5) is 12.3. The monoisotopic (exact) mass is 424 g/mol. The van der Waals surface area contributed by atoms with Crippen molar-refractivity contribution in [3.05, 3.63) is 41.6 Å². The van der Waals surface area contributed by atoms with E-state index in [0.29, 0.717) is 45.7 Å². The van der Waals surface area contributed by atoms with Crippen molar-refractivity contribution in [1.29, 1.82) is 0 Å². The van der Waals surface area contributed by atoms with Gasteiger partial charge < -0.3 is 10.3 Å². The number of halogens is 2. The van der Waals surface area contributed by atoms with E-state index in [9.17, 15) is 4.39 Å². The molecular weight excluding hydrogens is 403 g/mol. The molecule has 2 N–H and O–H groups in total. The largest absolute Gasteiger partial charge is 0.365 e. The lowest BCUT2D eigenvalue weighted by Crippen LogP contribution is -2.47. The normalized spacial score (nSPS) is 26.0. The summed E-state index contributed by atoms with van der Waals surface area (Å²) >= 11 is 6.16. The summed E-state index contributed by atoms with van der Waals surface area (Å²) in [6.07, 6.45) is 10.1. The summed E-state index contributed by atoms with van der Waals surface area (Å²) in [5.74, 6) is 2.63. The van der Waals surface area contributed by atoms with Crippen LogP contribution in [0.15, 0.2) is 30.7 Å². The summed E-state index contributed by atoms with van der Waals surface area (Å²) in [6, 6.07) is 3.58. The molecule has 0 radical (unpaired) electrons. The van der Waals surface area contributed by atoms with Gasteiger partial charge in [0.25, 0.3) is 0 Å². The van der Waals surface area contributed by atoms with Gasteiger partial charge in [0.2, 0.25) is 0 Å². The minimum Gasteiger partial charge on any atom is -0.365 e. The van der Waals surface area contributed by atoms with Gasteiger partial charge in [0, 0.05) is 35.6 Å². The van der Waals surface area contributed by atoms with E-state index >= 15 is 0 Å². The van der Waals surface area contributed by atoms with E-state index in [0.717, 1.165) is 16.9 Å². The number of aromatic amines is 1. The molecule has 3 saturated carbocycles. The number of H-pyrrole nitrogens is 1. The van der Waals surface area contributed by atoms with Crippen molar-refractivity contribution in [3.8, 4) is 11.4 Å². The lowest BCUT2D eigenvalue weighted by molar-refractivity contribution is 0.0928. The quantitative estimate of drug-likeness (QED) is 0.468. The first-order valence-corrected chi connectivity index (χ1v) is 10.9. The summed E-state index contributed by atoms with van der Waals surface area (Å²) in [6.45, 7) is 2.31. The van der Waals surface area contributed by atoms with Crippen LogP contribution in [0.1, 0.15) is 32.6 Å². The first-order valence-electron chi connectivity index (χ1n) is 10.5. The highest BCUT2D eigenvalue weighted by Crippen LogP contribution is 2.46. The Labute approximate surface area is 177 Å². The molecule has 0 saturated heterocycles. The second-order valence-electron chi connectivity index (χ2n) is 8.70. The molecule has 0 aromatic carbocycles. The molecule has 0 unspecified atom stereocenters. The highest BCUT2D eigenvalue weighted by Gasteiger charge is 2.41. The van der Waals surface area contributed by atoms with Crippen molar-refractivity contribution in [2.24, 2.45) is 17.8 Å². The number of rotatable bonds is 3. The van der Waals surface area contributed by atoms with Crippen LogP contribution in [-0.2, 0) is 0 Å². The summed E-state index contributed by atoms with van der Waals surface area (Å²) in [7, 11) is 0. The van der Waals surface area contributed by atoms with Crippen molar-refractivity contribution < 1.29 is 4.39 Å². The fourth-order valence-electron chi connectivity index (χ4n) is 5.52. The molecule has 3 aliphatic carbocycles. The molecule has 0 spiro atoms. The molecule has 6 nitrogen and oxygen atoms in total. The average molecular weight is 425 g/mol.